The molecular weight excluding hydrogens is 564 g/mol. The highest BCUT2D eigenvalue weighted by Gasteiger charge is 2.59. The Morgan fingerprint density at radius 1 is 0.778 bits per heavy atom. The Labute approximate surface area is 276 Å². The first-order valence-electron chi connectivity index (χ1n) is 19.0. The number of ether oxygens (including phenoxy) is 5. The maximum atomic E-state index is 8.67. The number of hydrogen-bond acceptors (Lipinski definition) is 6. The fourth-order valence-electron chi connectivity index (χ4n) is 10.5. The Hall–Kier alpha value is -0.500. The molecule has 0 radical (unpaired) electrons. The molecule has 1 N–H and O–H groups in total. The normalized spacial score (nSPS) is 34.2. The van der Waals surface area contributed by atoms with Crippen molar-refractivity contribution in [2.75, 3.05) is 66.1 Å². The van der Waals surface area contributed by atoms with Crippen molar-refractivity contribution in [3.8, 4) is 0 Å². The third kappa shape index (κ3) is 9.57. The first-order valence-corrected chi connectivity index (χ1v) is 19.0. The van der Waals surface area contributed by atoms with Crippen LogP contribution in [0, 0.1) is 52.3 Å². The minimum atomic E-state index is 0.0473. The summed E-state index contributed by atoms with van der Waals surface area (Å²) in [7, 11) is 0. The van der Waals surface area contributed by atoms with Crippen LogP contribution in [0.5, 0.6) is 0 Å². The van der Waals surface area contributed by atoms with E-state index in [2.05, 4.69) is 47.6 Å². The average Bonchev–Trinajstić information content (AvgIpc) is 3.38. The summed E-state index contributed by atoms with van der Waals surface area (Å²) in [6.07, 6.45) is 17.9. The Kier molecular flexibility index (Phi) is 15.2. The molecule has 0 spiro atoms. The molecular formula is C39H70O6. The minimum Gasteiger partial charge on any atom is -0.394 e. The van der Waals surface area contributed by atoms with Crippen LogP contribution < -0.4 is 0 Å². The second-order valence-corrected chi connectivity index (χ2v) is 15.9. The lowest BCUT2D eigenvalue weighted by atomic mass is 9.47. The topological polar surface area (TPSA) is 66.4 Å². The van der Waals surface area contributed by atoms with Crippen molar-refractivity contribution in [3.63, 3.8) is 0 Å². The number of allylic oxidation sites excluding steroid dienone is 1. The van der Waals surface area contributed by atoms with Crippen molar-refractivity contribution in [3.05, 3.63) is 11.6 Å². The lowest BCUT2D eigenvalue weighted by Gasteiger charge is -2.58. The summed E-state index contributed by atoms with van der Waals surface area (Å²) < 4.78 is 28.3. The fourth-order valence-corrected chi connectivity index (χ4v) is 10.5. The molecule has 4 rings (SSSR count). The fraction of sp³-hybridized carbons (Fsp3) is 0.949. The quantitative estimate of drug-likeness (QED) is 0.102. The van der Waals surface area contributed by atoms with E-state index in [1.54, 1.807) is 5.57 Å². The van der Waals surface area contributed by atoms with Gasteiger partial charge in [-0.3, -0.25) is 0 Å². The largest absolute Gasteiger partial charge is 0.394 e. The van der Waals surface area contributed by atoms with E-state index in [0.717, 1.165) is 47.8 Å². The van der Waals surface area contributed by atoms with Crippen LogP contribution in [-0.4, -0.2) is 77.3 Å². The van der Waals surface area contributed by atoms with Gasteiger partial charge in [-0.05, 0) is 110 Å². The SMILES string of the molecule is CC[C@H](CC[C@@H](C)[C@H]1CC[C@H]2[C@@H]3CC=C4CC(OCCOCCOCCOCCOCCO)CC[C@]4(C)[C@H]3CC[C@]12C)C(C)C. The summed E-state index contributed by atoms with van der Waals surface area (Å²) in [6, 6.07) is 0. The summed E-state index contributed by atoms with van der Waals surface area (Å²) in [6.45, 7) is 20.1. The molecule has 0 aromatic rings. The van der Waals surface area contributed by atoms with E-state index in [1.807, 2.05) is 0 Å². The number of hydrogen-bond donors (Lipinski definition) is 1. The van der Waals surface area contributed by atoms with Crippen LogP contribution in [0.25, 0.3) is 0 Å². The van der Waals surface area contributed by atoms with E-state index in [-0.39, 0.29) is 6.61 Å². The van der Waals surface area contributed by atoms with Crippen molar-refractivity contribution in [1.29, 1.82) is 0 Å². The van der Waals surface area contributed by atoms with Gasteiger partial charge in [-0.15, -0.1) is 0 Å². The number of aliphatic hydroxyl groups excluding tert-OH is 1. The van der Waals surface area contributed by atoms with Crippen LogP contribution in [0.15, 0.2) is 11.6 Å². The molecule has 0 aromatic heterocycles. The van der Waals surface area contributed by atoms with Crippen molar-refractivity contribution >= 4 is 0 Å². The first kappa shape index (κ1) is 37.3. The van der Waals surface area contributed by atoms with Crippen LogP contribution in [-0.2, 0) is 23.7 Å². The van der Waals surface area contributed by atoms with Crippen molar-refractivity contribution < 1.29 is 28.8 Å². The molecule has 45 heavy (non-hydrogen) atoms. The van der Waals surface area contributed by atoms with Crippen molar-refractivity contribution in [2.24, 2.45) is 52.3 Å². The van der Waals surface area contributed by atoms with Gasteiger partial charge < -0.3 is 28.8 Å². The molecule has 1 unspecified atom stereocenters. The third-order valence-electron chi connectivity index (χ3n) is 13.2. The molecule has 4 aliphatic carbocycles. The second-order valence-electron chi connectivity index (χ2n) is 15.9. The predicted molar refractivity (Wildman–Crippen MR) is 182 cm³/mol. The molecule has 0 aliphatic heterocycles. The van der Waals surface area contributed by atoms with Crippen LogP contribution in [0.3, 0.4) is 0 Å². The van der Waals surface area contributed by atoms with Gasteiger partial charge in [0.15, 0.2) is 0 Å². The number of rotatable bonds is 21. The Morgan fingerprint density at radius 3 is 2.04 bits per heavy atom. The second kappa shape index (κ2) is 18.3. The summed E-state index contributed by atoms with van der Waals surface area (Å²) in [5.74, 6) is 6.18. The van der Waals surface area contributed by atoms with Crippen LogP contribution in [0.4, 0.5) is 0 Å². The molecule has 3 saturated carbocycles. The third-order valence-corrected chi connectivity index (χ3v) is 13.2. The zero-order valence-corrected chi connectivity index (χ0v) is 30.0. The number of fused-ring (bicyclic) bond motifs is 5. The highest BCUT2D eigenvalue weighted by atomic mass is 16.6. The highest BCUT2D eigenvalue weighted by molar-refractivity contribution is 5.25. The lowest BCUT2D eigenvalue weighted by molar-refractivity contribution is -0.0693. The zero-order chi connectivity index (χ0) is 32.3. The molecule has 0 bridgehead atoms. The molecule has 6 heteroatoms. The van der Waals surface area contributed by atoms with E-state index in [1.165, 1.54) is 64.2 Å². The van der Waals surface area contributed by atoms with E-state index < -0.39 is 0 Å². The van der Waals surface area contributed by atoms with E-state index in [4.69, 9.17) is 28.8 Å². The van der Waals surface area contributed by atoms with Crippen LogP contribution >= 0.6 is 0 Å². The van der Waals surface area contributed by atoms with Gasteiger partial charge in [-0.1, -0.05) is 66.0 Å². The molecule has 6 nitrogen and oxygen atoms in total. The Morgan fingerprint density at radius 2 is 1.42 bits per heavy atom. The Balaban J connectivity index is 1.15. The van der Waals surface area contributed by atoms with Gasteiger partial charge in [0.25, 0.3) is 0 Å². The van der Waals surface area contributed by atoms with Gasteiger partial charge in [0.05, 0.1) is 72.2 Å². The van der Waals surface area contributed by atoms with Gasteiger partial charge in [0, 0.05) is 0 Å². The highest BCUT2D eigenvalue weighted by Crippen LogP contribution is 2.67. The summed E-state index contributed by atoms with van der Waals surface area (Å²) in [4.78, 5) is 0. The maximum absolute atomic E-state index is 8.67. The van der Waals surface area contributed by atoms with E-state index in [9.17, 15) is 0 Å². The monoisotopic (exact) mass is 635 g/mol. The van der Waals surface area contributed by atoms with Gasteiger partial charge >= 0.3 is 0 Å². The summed E-state index contributed by atoms with van der Waals surface area (Å²) >= 11 is 0. The molecule has 4 aliphatic rings. The molecule has 9 atom stereocenters. The summed E-state index contributed by atoms with van der Waals surface area (Å²) in [5.41, 5.74) is 2.64. The molecule has 262 valence electrons. The molecule has 0 heterocycles. The van der Waals surface area contributed by atoms with Gasteiger partial charge in [-0.25, -0.2) is 0 Å². The van der Waals surface area contributed by atoms with Crippen LogP contribution in [0.1, 0.15) is 112 Å². The zero-order valence-electron chi connectivity index (χ0n) is 30.0. The van der Waals surface area contributed by atoms with E-state index in [0.29, 0.717) is 76.4 Å². The smallest absolute Gasteiger partial charge is 0.0704 e. The van der Waals surface area contributed by atoms with Gasteiger partial charge in [0.2, 0.25) is 0 Å². The predicted octanol–water partition coefficient (Wildman–Crippen LogP) is 8.11. The average molecular weight is 635 g/mol. The molecule has 0 aromatic carbocycles. The van der Waals surface area contributed by atoms with Crippen molar-refractivity contribution in [1.82, 2.24) is 0 Å². The summed E-state index contributed by atoms with van der Waals surface area (Å²) in [5, 5.41) is 8.67. The van der Waals surface area contributed by atoms with Crippen LogP contribution in [0.2, 0.25) is 0 Å². The van der Waals surface area contributed by atoms with Crippen molar-refractivity contribution in [2.45, 2.75) is 118 Å². The molecule has 3 fully saturated rings. The number of aliphatic hydroxyl groups is 1. The van der Waals surface area contributed by atoms with E-state index >= 15 is 0 Å². The maximum Gasteiger partial charge on any atom is 0.0704 e. The standard InChI is InChI=1S/C39H70O6/c1-7-31(29(2)3)9-8-30(4)35-12-13-36-34-11-10-32-28-33(14-16-38(32,5)37(34)15-17-39(35,36)6)45-27-26-44-25-24-43-23-22-42-21-20-41-19-18-40/h10,29-31,33-37,40H,7-9,11-28H2,1-6H3/t30-,31-,33?,34+,35-,36+,37+,38+,39-/m1/s1. The first-order chi connectivity index (χ1) is 21.7. The molecule has 0 saturated heterocycles. The van der Waals surface area contributed by atoms with Gasteiger partial charge in [0.1, 0.15) is 0 Å². The lowest BCUT2D eigenvalue weighted by Crippen LogP contribution is -2.51. The Bertz CT molecular complexity index is 876. The minimum absolute atomic E-state index is 0.0473. The van der Waals surface area contributed by atoms with Gasteiger partial charge in [-0.2, -0.15) is 0 Å². The molecule has 0 amide bonds.